The maximum absolute atomic E-state index is 13.3. The molecule has 16 heteroatoms. The van der Waals surface area contributed by atoms with Crippen LogP contribution in [-0.4, -0.2) is 106 Å². The first-order valence-corrected chi connectivity index (χ1v) is 19.5. The predicted molar refractivity (Wildman–Crippen MR) is 219 cm³/mol. The van der Waals surface area contributed by atoms with E-state index in [1.54, 1.807) is 12.3 Å². The zero-order valence-corrected chi connectivity index (χ0v) is 32.0. The smallest absolute Gasteiger partial charge is 0.266 e. The molecule has 7 rings (SSSR count). The Morgan fingerprint density at radius 1 is 1.03 bits per heavy atom. The molecule has 3 aliphatic heterocycles. The Morgan fingerprint density at radius 3 is 2.60 bits per heavy atom. The number of anilines is 2. The number of carbonyl (C=O) groups excluding carboxylic acids is 5. The number of allylic oxidation sites excluding steroid dienone is 1. The molecule has 4 aromatic rings. The van der Waals surface area contributed by atoms with Gasteiger partial charge in [-0.05, 0) is 93.6 Å². The van der Waals surface area contributed by atoms with E-state index in [-0.39, 0.29) is 42.2 Å². The third-order valence-electron chi connectivity index (χ3n) is 10.5. The van der Waals surface area contributed by atoms with E-state index in [4.69, 9.17) is 15.5 Å². The van der Waals surface area contributed by atoms with Crippen molar-refractivity contribution in [2.24, 2.45) is 10.7 Å². The van der Waals surface area contributed by atoms with Gasteiger partial charge in [-0.2, -0.15) is 4.98 Å². The van der Waals surface area contributed by atoms with E-state index in [0.717, 1.165) is 61.3 Å². The number of likely N-dealkylation sites (tertiary alicyclic amines) is 1. The van der Waals surface area contributed by atoms with Crippen molar-refractivity contribution in [2.45, 2.75) is 50.5 Å². The normalized spacial score (nSPS) is 17.8. The number of hydrogen-bond acceptors (Lipinski definition) is 12. The molecule has 0 saturated carbocycles. The number of amides is 5. The maximum Gasteiger partial charge on any atom is 0.266 e. The fraction of sp³-hybridized carbons (Fsp3) is 0.333. The summed E-state index contributed by atoms with van der Waals surface area (Å²) in [6, 6.07) is 13.8. The first-order chi connectivity index (χ1) is 28.2. The maximum atomic E-state index is 13.3. The third kappa shape index (κ3) is 8.81. The molecular weight excluding hydrogens is 741 g/mol. The first kappa shape index (κ1) is 39.6. The summed E-state index contributed by atoms with van der Waals surface area (Å²) in [7, 11) is 0. The lowest BCUT2D eigenvalue weighted by Gasteiger charge is -2.32. The molecule has 300 valence electrons. The van der Waals surface area contributed by atoms with Gasteiger partial charge in [0.2, 0.25) is 17.8 Å². The third-order valence-corrected chi connectivity index (χ3v) is 10.5. The Balaban J connectivity index is 0.839. The molecule has 2 aromatic heterocycles. The van der Waals surface area contributed by atoms with E-state index in [2.05, 4.69) is 54.5 Å². The highest BCUT2D eigenvalue weighted by Crippen LogP contribution is 2.34. The van der Waals surface area contributed by atoms with Crippen molar-refractivity contribution >= 4 is 64.0 Å². The van der Waals surface area contributed by atoms with E-state index in [1.165, 1.54) is 23.9 Å². The van der Waals surface area contributed by atoms with Crippen LogP contribution >= 0.6 is 0 Å². The van der Waals surface area contributed by atoms with Gasteiger partial charge >= 0.3 is 0 Å². The average Bonchev–Trinajstić information content (AvgIpc) is 3.81. The van der Waals surface area contributed by atoms with Gasteiger partial charge in [-0.15, -0.1) is 6.58 Å². The van der Waals surface area contributed by atoms with Crippen LogP contribution < -0.4 is 26.4 Å². The van der Waals surface area contributed by atoms with Gasteiger partial charge < -0.3 is 31.0 Å². The van der Waals surface area contributed by atoms with Gasteiger partial charge in [-0.3, -0.25) is 39.2 Å². The molecule has 5 heterocycles. The number of nitrogens with zero attached hydrogens (tertiary/aromatic N) is 5. The SMILES string of the molecule is C=CCCN=C/C(=C\N)c1nc(Nc2ccc(C3CCN(CCCNC(=O)COc4cccc5c4C(=O)N(C4CCC(=O)NC4=O)C5=O)CC3)cc2)nc2[nH]ccc12. The van der Waals surface area contributed by atoms with Crippen molar-refractivity contribution in [1.82, 2.24) is 35.4 Å². The molecule has 2 fully saturated rings. The second-order valence-electron chi connectivity index (χ2n) is 14.4. The van der Waals surface area contributed by atoms with Crippen LogP contribution in [-0.2, 0) is 14.4 Å². The zero-order chi connectivity index (χ0) is 40.6. The number of aromatic nitrogens is 3. The van der Waals surface area contributed by atoms with Gasteiger partial charge in [0.15, 0.2) is 6.61 Å². The number of carbonyl (C=O) groups is 5. The Hall–Kier alpha value is -6.68. The average molecular weight is 787 g/mol. The van der Waals surface area contributed by atoms with Crippen LogP contribution in [0.15, 0.2) is 78.6 Å². The molecule has 16 nitrogen and oxygen atoms in total. The molecule has 58 heavy (non-hydrogen) atoms. The molecule has 0 spiro atoms. The molecule has 2 aromatic carbocycles. The van der Waals surface area contributed by atoms with E-state index in [9.17, 15) is 24.0 Å². The van der Waals surface area contributed by atoms with Crippen LogP contribution in [0.1, 0.15) is 76.4 Å². The quantitative estimate of drug-likeness (QED) is 0.0476. The van der Waals surface area contributed by atoms with Gasteiger partial charge in [0.05, 0.1) is 16.8 Å². The second-order valence-corrected chi connectivity index (χ2v) is 14.4. The fourth-order valence-corrected chi connectivity index (χ4v) is 7.52. The van der Waals surface area contributed by atoms with Crippen LogP contribution in [0.2, 0.25) is 0 Å². The number of piperidine rings is 2. The molecule has 0 aliphatic carbocycles. The van der Waals surface area contributed by atoms with Crippen molar-refractivity contribution in [3.63, 3.8) is 0 Å². The minimum Gasteiger partial charge on any atom is -0.483 e. The lowest BCUT2D eigenvalue weighted by atomic mass is 9.89. The molecule has 0 bridgehead atoms. The van der Waals surface area contributed by atoms with E-state index in [1.807, 2.05) is 30.5 Å². The van der Waals surface area contributed by atoms with Gasteiger partial charge in [-0.1, -0.05) is 24.3 Å². The molecule has 1 atom stereocenters. The van der Waals surface area contributed by atoms with E-state index >= 15 is 0 Å². The fourth-order valence-electron chi connectivity index (χ4n) is 7.52. The Bertz CT molecular complexity index is 2280. The summed E-state index contributed by atoms with van der Waals surface area (Å²) in [4.78, 5) is 83.3. The minimum atomic E-state index is -1.09. The number of H-pyrrole nitrogens is 1. The number of aliphatic imine (C=N–C) groups is 1. The number of hydrogen-bond donors (Lipinski definition) is 5. The lowest BCUT2D eigenvalue weighted by Crippen LogP contribution is -2.54. The van der Waals surface area contributed by atoms with Crippen LogP contribution in [0.4, 0.5) is 11.6 Å². The molecule has 3 aliphatic rings. The molecule has 1 unspecified atom stereocenters. The highest BCUT2D eigenvalue weighted by atomic mass is 16.5. The standard InChI is InChI=1S/C42H46N10O6/c1-2-3-17-44-24-28(23-43)37-31-14-19-46-38(31)50-42(49-37)47-29-10-8-26(9-11-29)27-15-21-51(22-16-27)20-5-18-45-35(54)25-58-33-7-4-6-30-36(33)41(57)52(40(30)56)32-12-13-34(53)48-39(32)55/h2,4,6-11,14,19,23-24,27,32H,1,3,5,12-13,15-18,20-22,25,43H2,(H,45,54)(H,48,53,55)(H2,46,47,49,50)/b28-23+,44-24?. The molecule has 5 amide bonds. The molecule has 0 radical (unpaired) electrons. The van der Waals surface area contributed by atoms with Gasteiger partial charge in [0, 0.05) is 54.8 Å². The summed E-state index contributed by atoms with van der Waals surface area (Å²) in [5.41, 5.74) is 10.3. The number of ether oxygens (including phenoxy) is 1. The van der Waals surface area contributed by atoms with E-state index in [0.29, 0.717) is 41.9 Å². The number of imide groups is 2. The Kier molecular flexibility index (Phi) is 12.3. The van der Waals surface area contributed by atoms with Gasteiger partial charge in [0.25, 0.3) is 17.7 Å². The summed E-state index contributed by atoms with van der Waals surface area (Å²) in [6.45, 7) is 7.20. The Morgan fingerprint density at radius 2 is 1.84 bits per heavy atom. The zero-order valence-electron chi connectivity index (χ0n) is 32.0. The largest absolute Gasteiger partial charge is 0.483 e. The van der Waals surface area contributed by atoms with Crippen LogP contribution in [0.3, 0.4) is 0 Å². The van der Waals surface area contributed by atoms with Gasteiger partial charge in [-0.25, -0.2) is 4.98 Å². The van der Waals surface area contributed by atoms with Crippen LogP contribution in [0.25, 0.3) is 16.6 Å². The van der Waals surface area contributed by atoms with Crippen molar-refractivity contribution < 1.29 is 28.7 Å². The highest BCUT2D eigenvalue weighted by molar-refractivity contribution is 6.24. The molecular formula is C42H46N10O6. The second kappa shape index (κ2) is 18.1. The summed E-state index contributed by atoms with van der Waals surface area (Å²) in [6.07, 6.45) is 10.5. The Labute approximate surface area is 335 Å². The van der Waals surface area contributed by atoms with Crippen molar-refractivity contribution in [2.75, 3.05) is 44.6 Å². The highest BCUT2D eigenvalue weighted by Gasteiger charge is 2.46. The van der Waals surface area contributed by atoms with E-state index < -0.39 is 29.7 Å². The molecule has 2 saturated heterocycles. The summed E-state index contributed by atoms with van der Waals surface area (Å²) < 4.78 is 5.69. The summed E-state index contributed by atoms with van der Waals surface area (Å²) >= 11 is 0. The van der Waals surface area contributed by atoms with Gasteiger partial charge in [0.1, 0.15) is 17.4 Å². The number of nitrogens with two attached hydrogens (primary N) is 1. The van der Waals surface area contributed by atoms with Crippen molar-refractivity contribution in [3.8, 4) is 5.75 Å². The minimum absolute atomic E-state index is 0.00643. The van der Waals surface area contributed by atoms with Crippen molar-refractivity contribution in [1.29, 1.82) is 0 Å². The van der Waals surface area contributed by atoms with Crippen LogP contribution in [0, 0.1) is 0 Å². The number of nitrogens with one attached hydrogen (secondary N) is 4. The topological polar surface area (TPSA) is 217 Å². The predicted octanol–water partition coefficient (Wildman–Crippen LogP) is 3.81. The number of rotatable bonds is 16. The number of aromatic amines is 1. The summed E-state index contributed by atoms with van der Waals surface area (Å²) in [5.74, 6) is -1.85. The van der Waals surface area contributed by atoms with Crippen LogP contribution in [0.5, 0.6) is 5.75 Å². The number of fused-ring (bicyclic) bond motifs is 2. The first-order valence-electron chi connectivity index (χ1n) is 19.5. The lowest BCUT2D eigenvalue weighted by molar-refractivity contribution is -0.136. The monoisotopic (exact) mass is 786 g/mol. The number of benzene rings is 2. The molecule has 6 N–H and O–H groups in total. The van der Waals surface area contributed by atoms with Crippen molar-refractivity contribution in [3.05, 3.63) is 96.0 Å². The summed E-state index contributed by atoms with van der Waals surface area (Å²) in [5, 5.41) is 9.24.